The summed E-state index contributed by atoms with van der Waals surface area (Å²) in [7, 11) is 0. The second-order valence-corrected chi connectivity index (χ2v) is 7.68. The fourth-order valence-corrected chi connectivity index (χ4v) is 3.94. The maximum Gasteiger partial charge on any atom is 0.242 e. The Labute approximate surface area is 173 Å². The molecule has 1 aromatic heterocycles. The molecule has 0 bridgehead atoms. The molecule has 1 aromatic carbocycles. The summed E-state index contributed by atoms with van der Waals surface area (Å²) >= 11 is 0. The molecule has 0 spiro atoms. The average molecular weight is 399 g/mol. The summed E-state index contributed by atoms with van der Waals surface area (Å²) < 4.78 is 2.25. The van der Waals surface area contributed by atoms with Gasteiger partial charge in [-0.3, -0.25) is 4.79 Å². The van der Waals surface area contributed by atoms with E-state index in [-0.39, 0.29) is 12.5 Å². The minimum atomic E-state index is 0.00890. The zero-order valence-electron chi connectivity index (χ0n) is 17.7. The van der Waals surface area contributed by atoms with Crippen LogP contribution >= 0.6 is 0 Å². The van der Waals surface area contributed by atoms with Gasteiger partial charge in [-0.05, 0) is 45.2 Å². The van der Waals surface area contributed by atoms with Gasteiger partial charge in [0.05, 0.1) is 11.0 Å². The van der Waals surface area contributed by atoms with Crippen molar-refractivity contribution in [2.24, 2.45) is 4.99 Å². The number of guanidine groups is 1. The van der Waals surface area contributed by atoms with Gasteiger partial charge in [-0.2, -0.15) is 0 Å². The molecule has 7 heteroatoms. The van der Waals surface area contributed by atoms with Crippen LogP contribution in [0.15, 0.2) is 29.3 Å². The van der Waals surface area contributed by atoms with E-state index in [4.69, 9.17) is 0 Å². The Balaban J connectivity index is 1.45. The second-order valence-electron chi connectivity index (χ2n) is 7.68. The number of nitrogens with one attached hydrogen (secondary N) is 3. The molecule has 3 rings (SSSR count). The molecule has 0 saturated heterocycles. The summed E-state index contributed by atoms with van der Waals surface area (Å²) in [5.41, 5.74) is 2.21. The van der Waals surface area contributed by atoms with Crippen molar-refractivity contribution in [1.82, 2.24) is 25.5 Å². The molecule has 2 aromatic rings. The lowest BCUT2D eigenvalue weighted by atomic mass is 9.95. The van der Waals surface area contributed by atoms with Crippen LogP contribution in [0.1, 0.15) is 51.3 Å². The lowest BCUT2D eigenvalue weighted by Crippen LogP contribution is -2.41. The fourth-order valence-electron chi connectivity index (χ4n) is 3.94. The number of imidazole rings is 1. The molecule has 1 aliphatic carbocycles. The number of nitrogens with zero attached hydrogens (tertiary/aromatic N) is 3. The predicted molar refractivity (Wildman–Crippen MR) is 118 cm³/mol. The molecule has 7 nitrogen and oxygen atoms in total. The van der Waals surface area contributed by atoms with Crippen LogP contribution in [-0.4, -0.2) is 47.1 Å². The van der Waals surface area contributed by atoms with Crippen LogP contribution in [0.5, 0.6) is 0 Å². The fraction of sp³-hybridized carbons (Fsp3) is 0.591. The number of aliphatic imine (C=N–C) groups is 1. The Hall–Kier alpha value is -2.57. The lowest BCUT2D eigenvalue weighted by Gasteiger charge is -2.22. The summed E-state index contributed by atoms with van der Waals surface area (Å²) in [4.78, 5) is 21.2. The number of aromatic nitrogens is 2. The molecule has 0 aliphatic heterocycles. The van der Waals surface area contributed by atoms with E-state index in [2.05, 4.69) is 36.6 Å². The van der Waals surface area contributed by atoms with Gasteiger partial charge in [0, 0.05) is 25.7 Å². The van der Waals surface area contributed by atoms with Gasteiger partial charge in [0.1, 0.15) is 12.4 Å². The zero-order valence-corrected chi connectivity index (χ0v) is 17.7. The Morgan fingerprint density at radius 3 is 2.79 bits per heavy atom. The molecule has 1 heterocycles. The minimum absolute atomic E-state index is 0.00890. The SMILES string of the molecule is CCNC(=NCC(=O)NC1CCCCC1)NCCCn1c(C)nc2ccccc21. The molecule has 158 valence electrons. The topological polar surface area (TPSA) is 83.3 Å². The molecule has 3 N–H and O–H groups in total. The van der Waals surface area contributed by atoms with Gasteiger partial charge in [-0.15, -0.1) is 0 Å². The number of hydrogen-bond donors (Lipinski definition) is 3. The Kier molecular flexibility index (Phi) is 7.90. The molecular formula is C22H34N6O. The summed E-state index contributed by atoms with van der Waals surface area (Å²) in [5, 5.41) is 9.66. The largest absolute Gasteiger partial charge is 0.357 e. The lowest BCUT2D eigenvalue weighted by molar-refractivity contribution is -0.120. The number of hydrogen-bond acceptors (Lipinski definition) is 3. The first kappa shape index (κ1) is 21.1. The van der Waals surface area contributed by atoms with Crippen molar-refractivity contribution < 1.29 is 4.79 Å². The molecular weight excluding hydrogens is 364 g/mol. The van der Waals surface area contributed by atoms with Gasteiger partial charge in [0.2, 0.25) is 5.91 Å². The van der Waals surface area contributed by atoms with Crippen molar-refractivity contribution in [2.75, 3.05) is 19.6 Å². The molecule has 1 amide bonds. The number of carbonyl (C=O) groups excluding carboxylic acids is 1. The van der Waals surface area contributed by atoms with E-state index in [1.807, 2.05) is 32.0 Å². The van der Waals surface area contributed by atoms with Gasteiger partial charge in [-0.1, -0.05) is 31.4 Å². The number of benzene rings is 1. The summed E-state index contributed by atoms with van der Waals surface area (Å²) in [6, 6.07) is 8.55. The van der Waals surface area contributed by atoms with E-state index < -0.39 is 0 Å². The van der Waals surface area contributed by atoms with Crippen LogP contribution in [0.3, 0.4) is 0 Å². The summed E-state index contributed by atoms with van der Waals surface area (Å²) in [6.07, 6.45) is 6.84. The average Bonchev–Trinajstić information content (AvgIpc) is 3.05. The van der Waals surface area contributed by atoms with Crippen LogP contribution in [0.2, 0.25) is 0 Å². The van der Waals surface area contributed by atoms with E-state index in [0.717, 1.165) is 50.2 Å². The Morgan fingerprint density at radius 1 is 1.21 bits per heavy atom. The first-order valence-electron chi connectivity index (χ1n) is 10.9. The van der Waals surface area contributed by atoms with Crippen molar-refractivity contribution in [3.05, 3.63) is 30.1 Å². The molecule has 29 heavy (non-hydrogen) atoms. The van der Waals surface area contributed by atoms with Crippen molar-refractivity contribution in [2.45, 2.75) is 65.0 Å². The van der Waals surface area contributed by atoms with Crippen LogP contribution in [0, 0.1) is 6.92 Å². The van der Waals surface area contributed by atoms with Gasteiger partial charge in [-0.25, -0.2) is 9.98 Å². The van der Waals surface area contributed by atoms with Crippen LogP contribution < -0.4 is 16.0 Å². The number of aryl methyl sites for hydroxylation is 2. The predicted octanol–water partition coefficient (Wildman–Crippen LogP) is 2.74. The highest BCUT2D eigenvalue weighted by atomic mass is 16.1. The van der Waals surface area contributed by atoms with Crippen molar-refractivity contribution in [3.63, 3.8) is 0 Å². The van der Waals surface area contributed by atoms with Gasteiger partial charge >= 0.3 is 0 Å². The third-order valence-electron chi connectivity index (χ3n) is 5.39. The first-order chi connectivity index (χ1) is 14.2. The monoisotopic (exact) mass is 398 g/mol. The van der Waals surface area contributed by atoms with Crippen molar-refractivity contribution in [1.29, 1.82) is 0 Å². The smallest absolute Gasteiger partial charge is 0.242 e. The molecule has 0 unspecified atom stereocenters. The zero-order chi connectivity index (χ0) is 20.5. The van der Waals surface area contributed by atoms with Crippen LogP contribution in [0.25, 0.3) is 11.0 Å². The van der Waals surface area contributed by atoms with E-state index in [0.29, 0.717) is 12.0 Å². The molecule has 1 aliphatic rings. The maximum atomic E-state index is 12.2. The third-order valence-corrected chi connectivity index (χ3v) is 5.39. The van der Waals surface area contributed by atoms with Gasteiger partial charge < -0.3 is 20.5 Å². The molecule has 0 atom stereocenters. The van der Waals surface area contributed by atoms with E-state index in [1.54, 1.807) is 0 Å². The quantitative estimate of drug-likeness (QED) is 0.363. The number of carbonyl (C=O) groups is 1. The highest BCUT2D eigenvalue weighted by Crippen LogP contribution is 2.17. The second kappa shape index (κ2) is 10.8. The number of fused-ring (bicyclic) bond motifs is 1. The van der Waals surface area contributed by atoms with Gasteiger partial charge in [0.25, 0.3) is 0 Å². The number of rotatable bonds is 8. The third kappa shape index (κ3) is 6.21. The molecule has 1 fully saturated rings. The summed E-state index contributed by atoms with van der Waals surface area (Å²) in [5.74, 6) is 1.74. The Bertz CT molecular complexity index is 822. The van der Waals surface area contributed by atoms with E-state index in [1.165, 1.54) is 24.8 Å². The van der Waals surface area contributed by atoms with Crippen LogP contribution in [-0.2, 0) is 11.3 Å². The number of amides is 1. The summed E-state index contributed by atoms with van der Waals surface area (Å²) in [6.45, 7) is 6.67. The van der Waals surface area contributed by atoms with Crippen LogP contribution in [0.4, 0.5) is 0 Å². The minimum Gasteiger partial charge on any atom is -0.357 e. The van der Waals surface area contributed by atoms with E-state index >= 15 is 0 Å². The number of para-hydroxylation sites is 2. The van der Waals surface area contributed by atoms with Crippen molar-refractivity contribution >= 4 is 22.9 Å². The highest BCUT2D eigenvalue weighted by Gasteiger charge is 2.15. The van der Waals surface area contributed by atoms with E-state index in [9.17, 15) is 4.79 Å². The Morgan fingerprint density at radius 2 is 2.00 bits per heavy atom. The van der Waals surface area contributed by atoms with Gasteiger partial charge in [0.15, 0.2) is 5.96 Å². The standard InChI is InChI=1S/C22H34N6O/c1-3-23-22(25-16-21(29)27-18-10-5-4-6-11-18)24-14-9-15-28-17(2)26-19-12-7-8-13-20(19)28/h7-8,12-13,18H,3-6,9-11,14-16H2,1-2H3,(H,27,29)(H2,23,24,25). The molecule has 1 saturated carbocycles. The first-order valence-corrected chi connectivity index (χ1v) is 10.9. The molecule has 0 radical (unpaired) electrons. The highest BCUT2D eigenvalue weighted by molar-refractivity contribution is 5.85. The maximum absolute atomic E-state index is 12.2. The van der Waals surface area contributed by atoms with Crippen molar-refractivity contribution in [3.8, 4) is 0 Å². The normalized spacial score (nSPS) is 15.4.